The van der Waals surface area contributed by atoms with E-state index in [0.717, 1.165) is 38.2 Å². The topological polar surface area (TPSA) is 50.4 Å². The van der Waals surface area contributed by atoms with Crippen molar-refractivity contribution in [2.24, 2.45) is 13.0 Å². The largest absolute Gasteiger partial charge is 0.467 e. The van der Waals surface area contributed by atoms with E-state index in [1.807, 2.05) is 19.1 Å². The van der Waals surface area contributed by atoms with E-state index in [1.54, 1.807) is 6.26 Å². The zero-order valence-corrected chi connectivity index (χ0v) is 16.0. The van der Waals surface area contributed by atoms with E-state index in [1.165, 1.54) is 16.5 Å². The molecule has 0 saturated carbocycles. The van der Waals surface area contributed by atoms with Gasteiger partial charge in [-0.25, -0.2) is 0 Å². The van der Waals surface area contributed by atoms with Crippen LogP contribution >= 0.6 is 0 Å². The van der Waals surface area contributed by atoms with Crippen LogP contribution in [-0.2, 0) is 18.4 Å². The highest BCUT2D eigenvalue weighted by Gasteiger charge is 2.26. The molecular weight excluding hydrogens is 338 g/mol. The molecule has 4 rings (SSSR count). The molecule has 0 aliphatic carbocycles. The van der Waals surface area contributed by atoms with Gasteiger partial charge < -0.3 is 14.3 Å². The molecule has 27 heavy (non-hydrogen) atoms. The summed E-state index contributed by atoms with van der Waals surface area (Å²) in [6.45, 7) is 4.82. The first-order chi connectivity index (χ1) is 13.1. The van der Waals surface area contributed by atoms with Crippen LogP contribution in [0.5, 0.6) is 0 Å². The highest BCUT2D eigenvalue weighted by Crippen LogP contribution is 2.25. The summed E-state index contributed by atoms with van der Waals surface area (Å²) >= 11 is 0. The molecule has 1 amide bonds. The third-order valence-electron chi connectivity index (χ3n) is 5.66. The van der Waals surface area contributed by atoms with Gasteiger partial charge in [-0.1, -0.05) is 18.2 Å². The first kappa shape index (κ1) is 17.9. The van der Waals surface area contributed by atoms with Gasteiger partial charge in [0.15, 0.2) is 0 Å². The lowest BCUT2D eigenvalue weighted by molar-refractivity contribution is -0.127. The van der Waals surface area contributed by atoms with Gasteiger partial charge in [-0.05, 0) is 56.6 Å². The molecule has 0 radical (unpaired) electrons. The minimum Gasteiger partial charge on any atom is -0.467 e. The number of rotatable bonds is 5. The fourth-order valence-electron chi connectivity index (χ4n) is 4.09. The summed E-state index contributed by atoms with van der Waals surface area (Å²) in [7, 11) is 2.10. The number of nitrogens with zero attached hydrogens (tertiary/aromatic N) is 2. The second kappa shape index (κ2) is 7.61. The van der Waals surface area contributed by atoms with Gasteiger partial charge in [-0.3, -0.25) is 9.69 Å². The van der Waals surface area contributed by atoms with Crippen molar-refractivity contribution in [2.45, 2.75) is 32.4 Å². The molecule has 5 heteroatoms. The lowest BCUT2D eigenvalue weighted by Gasteiger charge is -2.31. The molecule has 1 aliphatic rings. The van der Waals surface area contributed by atoms with E-state index < -0.39 is 0 Å². The molecule has 142 valence electrons. The molecule has 1 unspecified atom stereocenters. The molecule has 1 atom stereocenters. The number of benzene rings is 1. The van der Waals surface area contributed by atoms with Crippen molar-refractivity contribution in [1.82, 2.24) is 14.8 Å². The molecule has 0 spiro atoms. The maximum absolute atomic E-state index is 12.6. The number of amides is 1. The zero-order chi connectivity index (χ0) is 18.8. The minimum absolute atomic E-state index is 0.0822. The Labute approximate surface area is 159 Å². The Kier molecular flexibility index (Phi) is 5.03. The highest BCUT2D eigenvalue weighted by atomic mass is 16.3. The van der Waals surface area contributed by atoms with Gasteiger partial charge in [-0.15, -0.1) is 0 Å². The third-order valence-corrected chi connectivity index (χ3v) is 5.66. The van der Waals surface area contributed by atoms with E-state index in [9.17, 15) is 4.79 Å². The summed E-state index contributed by atoms with van der Waals surface area (Å²) < 4.78 is 7.57. The Morgan fingerprint density at radius 1 is 1.22 bits per heavy atom. The van der Waals surface area contributed by atoms with Crippen LogP contribution in [0.4, 0.5) is 0 Å². The van der Waals surface area contributed by atoms with Crippen LogP contribution in [-0.4, -0.2) is 28.5 Å². The van der Waals surface area contributed by atoms with E-state index in [0.29, 0.717) is 0 Å². The van der Waals surface area contributed by atoms with Crippen molar-refractivity contribution in [3.63, 3.8) is 0 Å². The SMILES string of the molecule is CC(NC(=O)C1CCN(Cc2cn(C)c3ccccc23)CC1)c1ccco1. The van der Waals surface area contributed by atoms with Gasteiger partial charge in [0.05, 0.1) is 12.3 Å². The summed E-state index contributed by atoms with van der Waals surface area (Å²) in [5, 5.41) is 4.42. The van der Waals surface area contributed by atoms with Gasteiger partial charge in [0.2, 0.25) is 5.91 Å². The predicted molar refractivity (Wildman–Crippen MR) is 106 cm³/mol. The quantitative estimate of drug-likeness (QED) is 0.747. The van der Waals surface area contributed by atoms with Crippen LogP contribution in [0.1, 0.15) is 37.1 Å². The number of likely N-dealkylation sites (tertiary alicyclic amines) is 1. The maximum Gasteiger partial charge on any atom is 0.223 e. The Morgan fingerprint density at radius 3 is 2.74 bits per heavy atom. The van der Waals surface area contributed by atoms with E-state index in [2.05, 4.69) is 52.3 Å². The zero-order valence-electron chi connectivity index (χ0n) is 16.0. The summed E-state index contributed by atoms with van der Waals surface area (Å²) in [6.07, 6.45) is 5.68. The minimum atomic E-state index is -0.0822. The lowest BCUT2D eigenvalue weighted by Crippen LogP contribution is -2.40. The number of para-hydroxylation sites is 1. The number of aryl methyl sites for hydroxylation is 1. The lowest BCUT2D eigenvalue weighted by atomic mass is 9.95. The first-order valence-electron chi connectivity index (χ1n) is 9.71. The van der Waals surface area contributed by atoms with Crippen LogP contribution in [0.15, 0.2) is 53.3 Å². The van der Waals surface area contributed by atoms with E-state index >= 15 is 0 Å². The first-order valence-corrected chi connectivity index (χ1v) is 9.71. The molecule has 3 heterocycles. The van der Waals surface area contributed by atoms with Crippen LogP contribution in [0.2, 0.25) is 0 Å². The molecule has 1 aromatic carbocycles. The molecular formula is C22H27N3O2. The smallest absolute Gasteiger partial charge is 0.223 e. The van der Waals surface area contributed by atoms with Gasteiger partial charge >= 0.3 is 0 Å². The Hall–Kier alpha value is -2.53. The monoisotopic (exact) mass is 365 g/mol. The average Bonchev–Trinajstić information content (AvgIpc) is 3.32. The van der Waals surface area contributed by atoms with Crippen molar-refractivity contribution < 1.29 is 9.21 Å². The van der Waals surface area contributed by atoms with Crippen molar-refractivity contribution >= 4 is 16.8 Å². The second-order valence-corrected chi connectivity index (χ2v) is 7.58. The number of hydrogen-bond donors (Lipinski definition) is 1. The summed E-state index contributed by atoms with van der Waals surface area (Å²) in [5.41, 5.74) is 2.64. The number of piperidine rings is 1. The Morgan fingerprint density at radius 2 is 2.00 bits per heavy atom. The third kappa shape index (κ3) is 3.78. The normalized spacial score (nSPS) is 17.3. The molecule has 1 fully saturated rings. The molecule has 5 nitrogen and oxygen atoms in total. The van der Waals surface area contributed by atoms with Gasteiger partial charge in [0, 0.05) is 36.6 Å². The molecule has 1 N–H and O–H groups in total. The van der Waals surface area contributed by atoms with Crippen LogP contribution in [0.3, 0.4) is 0 Å². The molecule has 3 aromatic rings. The highest BCUT2D eigenvalue weighted by molar-refractivity contribution is 5.83. The number of carbonyl (C=O) groups excluding carboxylic acids is 1. The second-order valence-electron chi connectivity index (χ2n) is 7.58. The number of nitrogens with one attached hydrogen (secondary N) is 1. The van der Waals surface area contributed by atoms with Gasteiger partial charge in [-0.2, -0.15) is 0 Å². The van der Waals surface area contributed by atoms with Crippen molar-refractivity contribution in [1.29, 1.82) is 0 Å². The summed E-state index contributed by atoms with van der Waals surface area (Å²) in [5.74, 6) is 1.03. The van der Waals surface area contributed by atoms with Gasteiger partial charge in [0.25, 0.3) is 0 Å². The Bertz CT molecular complexity index is 905. The number of fused-ring (bicyclic) bond motifs is 1. The van der Waals surface area contributed by atoms with E-state index in [4.69, 9.17) is 4.42 Å². The predicted octanol–water partition coefficient (Wildman–Crippen LogP) is 3.86. The summed E-state index contributed by atoms with van der Waals surface area (Å²) in [4.78, 5) is 15.0. The number of aromatic nitrogens is 1. The number of furan rings is 1. The number of carbonyl (C=O) groups is 1. The molecule has 0 bridgehead atoms. The van der Waals surface area contributed by atoms with Crippen molar-refractivity contribution in [3.8, 4) is 0 Å². The molecule has 1 saturated heterocycles. The maximum atomic E-state index is 12.6. The van der Waals surface area contributed by atoms with Crippen molar-refractivity contribution in [2.75, 3.05) is 13.1 Å². The fourth-order valence-corrected chi connectivity index (χ4v) is 4.09. The van der Waals surface area contributed by atoms with Crippen molar-refractivity contribution in [3.05, 3.63) is 60.2 Å². The average molecular weight is 365 g/mol. The van der Waals surface area contributed by atoms with Crippen LogP contribution in [0, 0.1) is 5.92 Å². The van der Waals surface area contributed by atoms with Crippen LogP contribution < -0.4 is 5.32 Å². The van der Waals surface area contributed by atoms with Gasteiger partial charge in [0.1, 0.15) is 5.76 Å². The Balaban J connectivity index is 1.33. The van der Waals surface area contributed by atoms with Crippen LogP contribution in [0.25, 0.3) is 10.9 Å². The molecule has 2 aromatic heterocycles. The van der Waals surface area contributed by atoms with E-state index in [-0.39, 0.29) is 17.9 Å². The number of hydrogen-bond acceptors (Lipinski definition) is 3. The standard InChI is InChI=1S/C22H27N3O2/c1-16(21-8-5-13-27-21)23-22(26)17-9-11-25(12-10-17)15-18-14-24(2)20-7-4-3-6-19(18)20/h3-8,13-14,16-17H,9-12,15H2,1-2H3,(H,23,26). The molecule has 1 aliphatic heterocycles. The fraction of sp³-hybridized carbons (Fsp3) is 0.409. The summed E-state index contributed by atoms with van der Waals surface area (Å²) in [6, 6.07) is 12.2.